The van der Waals surface area contributed by atoms with E-state index in [1.165, 1.54) is 23.2 Å². The van der Waals surface area contributed by atoms with Gasteiger partial charge in [0.25, 0.3) is 11.1 Å². The molecular weight excluding hydrogens is 370 g/mol. The maximum Gasteiger partial charge on any atom is 0.325 e. The number of pyridine rings is 2. The van der Waals surface area contributed by atoms with E-state index in [-0.39, 0.29) is 11.1 Å². The lowest BCUT2D eigenvalue weighted by Crippen LogP contribution is -2.24. The highest BCUT2D eigenvalue weighted by atomic mass is 16.2. The van der Waals surface area contributed by atoms with Crippen LogP contribution in [0.3, 0.4) is 0 Å². The van der Waals surface area contributed by atoms with Gasteiger partial charge in [-0.15, -0.1) is 0 Å². The minimum Gasteiger partial charge on any atom is -0.313 e. The monoisotopic (exact) mass is 383 g/mol. The molecule has 29 heavy (non-hydrogen) atoms. The van der Waals surface area contributed by atoms with Gasteiger partial charge < -0.3 is 4.98 Å². The van der Waals surface area contributed by atoms with Crippen molar-refractivity contribution in [3.63, 3.8) is 0 Å². The maximum absolute atomic E-state index is 13.2. The summed E-state index contributed by atoms with van der Waals surface area (Å²) >= 11 is 0. The van der Waals surface area contributed by atoms with Crippen molar-refractivity contribution in [1.82, 2.24) is 19.5 Å². The van der Waals surface area contributed by atoms with Crippen molar-refractivity contribution >= 4 is 5.69 Å². The third-order valence-corrected chi connectivity index (χ3v) is 4.36. The van der Waals surface area contributed by atoms with Crippen LogP contribution in [-0.4, -0.2) is 19.5 Å². The fourth-order valence-corrected chi connectivity index (χ4v) is 2.99. The summed E-state index contributed by atoms with van der Waals surface area (Å²) in [5, 5.41) is 0. The molecule has 0 aliphatic heterocycles. The molecule has 0 bridgehead atoms. The van der Waals surface area contributed by atoms with E-state index in [0.29, 0.717) is 28.1 Å². The van der Waals surface area contributed by atoms with E-state index >= 15 is 0 Å². The summed E-state index contributed by atoms with van der Waals surface area (Å²) in [6.07, 6.45) is 5.94. The van der Waals surface area contributed by atoms with Crippen LogP contribution in [0.2, 0.25) is 0 Å². The Morgan fingerprint density at radius 1 is 1.00 bits per heavy atom. The third-order valence-electron chi connectivity index (χ3n) is 4.36. The van der Waals surface area contributed by atoms with E-state index in [0.717, 1.165) is 0 Å². The molecule has 0 saturated heterocycles. The second kappa shape index (κ2) is 7.25. The van der Waals surface area contributed by atoms with Crippen LogP contribution in [0, 0.1) is 6.57 Å². The Bertz CT molecular complexity index is 1430. The molecule has 8 nitrogen and oxygen atoms in total. The summed E-state index contributed by atoms with van der Waals surface area (Å²) in [5.74, 6) is 0. The van der Waals surface area contributed by atoms with Crippen molar-refractivity contribution in [3.05, 3.63) is 110 Å². The molecule has 3 heterocycles. The predicted molar refractivity (Wildman–Crippen MR) is 108 cm³/mol. The van der Waals surface area contributed by atoms with Crippen molar-refractivity contribution in [3.8, 4) is 27.9 Å². The summed E-state index contributed by atoms with van der Waals surface area (Å²) in [7, 11) is 0. The average Bonchev–Trinajstić information content (AvgIpc) is 2.75. The zero-order chi connectivity index (χ0) is 20.4. The van der Waals surface area contributed by atoms with Gasteiger partial charge in [0.05, 0.1) is 24.0 Å². The highest BCUT2D eigenvalue weighted by molar-refractivity contribution is 5.74. The maximum atomic E-state index is 13.2. The van der Waals surface area contributed by atoms with Crippen LogP contribution in [0.1, 0.15) is 0 Å². The molecule has 0 aliphatic carbocycles. The van der Waals surface area contributed by atoms with Gasteiger partial charge in [-0.05, 0) is 29.8 Å². The number of hydrogen-bond acceptors (Lipinski definition) is 4. The van der Waals surface area contributed by atoms with Crippen LogP contribution in [0.25, 0.3) is 32.8 Å². The zero-order valence-electron chi connectivity index (χ0n) is 14.9. The van der Waals surface area contributed by atoms with Crippen molar-refractivity contribution in [1.29, 1.82) is 0 Å². The molecule has 0 aliphatic rings. The topological polar surface area (TPSA) is 105 Å². The Kier molecular flexibility index (Phi) is 4.47. The van der Waals surface area contributed by atoms with E-state index in [1.807, 2.05) is 0 Å². The summed E-state index contributed by atoms with van der Waals surface area (Å²) in [6.45, 7) is 7.21. The molecule has 0 saturated carbocycles. The van der Waals surface area contributed by atoms with Crippen molar-refractivity contribution in [2.75, 3.05) is 0 Å². The molecular formula is C21H13N5O3. The van der Waals surface area contributed by atoms with Crippen LogP contribution < -0.4 is 16.8 Å². The van der Waals surface area contributed by atoms with E-state index in [9.17, 15) is 14.4 Å². The first-order valence-corrected chi connectivity index (χ1v) is 8.54. The standard InChI is InChI=1S/C21H13N5O3/c1-22-15-5-2-4-13(8-15)17-9-14(18-11-24-21(29)25-19(18)27)12-26(20(17)28)16-6-3-7-23-10-16/h2-12H,(H2,24,25,27,29). The lowest BCUT2D eigenvalue weighted by atomic mass is 10.0. The van der Waals surface area contributed by atoms with Gasteiger partial charge in [-0.25, -0.2) is 9.64 Å². The Morgan fingerprint density at radius 3 is 2.59 bits per heavy atom. The number of benzene rings is 1. The first kappa shape index (κ1) is 17.9. The number of aromatic amines is 2. The average molecular weight is 383 g/mol. The number of nitrogens with one attached hydrogen (secondary N) is 2. The van der Waals surface area contributed by atoms with Crippen molar-refractivity contribution < 1.29 is 0 Å². The minimum absolute atomic E-state index is 0.199. The first-order chi connectivity index (χ1) is 14.1. The minimum atomic E-state index is -0.621. The molecule has 0 unspecified atom stereocenters. The SMILES string of the molecule is [C-]#[N+]c1cccc(-c2cc(-c3c[nH]c(=O)[nH]c3=O)cn(-c3cccnc3)c2=O)c1. The van der Waals surface area contributed by atoms with Gasteiger partial charge in [0, 0.05) is 29.7 Å². The molecule has 0 fully saturated rings. The fourth-order valence-electron chi connectivity index (χ4n) is 2.99. The van der Waals surface area contributed by atoms with Gasteiger partial charge in [-0.1, -0.05) is 18.2 Å². The second-order valence-electron chi connectivity index (χ2n) is 6.18. The summed E-state index contributed by atoms with van der Waals surface area (Å²) < 4.78 is 1.38. The molecule has 0 amide bonds. The lowest BCUT2D eigenvalue weighted by Gasteiger charge is -2.12. The molecule has 1 aromatic carbocycles. The zero-order valence-corrected chi connectivity index (χ0v) is 14.9. The number of hydrogen-bond donors (Lipinski definition) is 2. The van der Waals surface area contributed by atoms with Gasteiger partial charge >= 0.3 is 5.69 Å². The van der Waals surface area contributed by atoms with Gasteiger partial charge in [0.2, 0.25) is 0 Å². The number of rotatable bonds is 3. The molecule has 140 valence electrons. The molecule has 0 spiro atoms. The van der Waals surface area contributed by atoms with Gasteiger partial charge in [0.1, 0.15) is 0 Å². The Labute approximate surface area is 163 Å². The van der Waals surface area contributed by atoms with Crippen molar-refractivity contribution in [2.45, 2.75) is 0 Å². The van der Waals surface area contributed by atoms with E-state index in [2.05, 4.69) is 19.8 Å². The normalized spacial score (nSPS) is 10.4. The van der Waals surface area contributed by atoms with Crippen LogP contribution in [0.4, 0.5) is 5.69 Å². The smallest absolute Gasteiger partial charge is 0.313 e. The van der Waals surface area contributed by atoms with Crippen LogP contribution in [0.15, 0.2) is 81.6 Å². The highest BCUT2D eigenvalue weighted by Gasteiger charge is 2.14. The van der Waals surface area contributed by atoms with E-state index in [4.69, 9.17) is 6.57 Å². The Morgan fingerprint density at radius 2 is 1.86 bits per heavy atom. The summed E-state index contributed by atoms with van der Waals surface area (Å²) in [6, 6.07) is 11.6. The molecule has 4 rings (SSSR count). The van der Waals surface area contributed by atoms with Gasteiger partial charge in [-0.3, -0.25) is 24.1 Å². The number of H-pyrrole nitrogens is 2. The van der Waals surface area contributed by atoms with Crippen LogP contribution in [0.5, 0.6) is 0 Å². The van der Waals surface area contributed by atoms with E-state index in [1.54, 1.807) is 48.7 Å². The lowest BCUT2D eigenvalue weighted by molar-refractivity contribution is 0.978. The molecule has 0 atom stereocenters. The first-order valence-electron chi connectivity index (χ1n) is 8.54. The van der Waals surface area contributed by atoms with Gasteiger partial charge in [-0.2, -0.15) is 0 Å². The van der Waals surface area contributed by atoms with Crippen molar-refractivity contribution in [2.24, 2.45) is 0 Å². The molecule has 4 aromatic rings. The summed E-state index contributed by atoms with van der Waals surface area (Å²) in [5.41, 5.74) is 0.857. The molecule has 8 heteroatoms. The molecule has 2 N–H and O–H groups in total. The molecule has 0 radical (unpaired) electrons. The second-order valence-corrected chi connectivity index (χ2v) is 6.18. The Hall–Kier alpha value is -4.51. The quantitative estimate of drug-likeness (QED) is 0.530. The van der Waals surface area contributed by atoms with Gasteiger partial charge in [0.15, 0.2) is 5.69 Å². The largest absolute Gasteiger partial charge is 0.325 e. The number of nitrogens with zero attached hydrogens (tertiary/aromatic N) is 3. The fraction of sp³-hybridized carbons (Fsp3) is 0. The predicted octanol–water partition coefficient (Wildman–Crippen LogP) is 2.49. The Balaban J connectivity index is 2.05. The summed E-state index contributed by atoms with van der Waals surface area (Å²) in [4.78, 5) is 49.0. The van der Waals surface area contributed by atoms with E-state index < -0.39 is 11.2 Å². The highest BCUT2D eigenvalue weighted by Crippen LogP contribution is 2.25. The van der Waals surface area contributed by atoms with Crippen LogP contribution >= 0.6 is 0 Å². The van der Waals surface area contributed by atoms with Crippen LogP contribution in [-0.2, 0) is 0 Å². The number of aromatic nitrogens is 4. The third kappa shape index (κ3) is 3.40. The molecule has 3 aromatic heterocycles.